The van der Waals surface area contributed by atoms with Crippen LogP contribution in [0.1, 0.15) is 54.8 Å². The molecule has 13 heteroatoms. The van der Waals surface area contributed by atoms with E-state index in [-0.39, 0.29) is 37.6 Å². The van der Waals surface area contributed by atoms with Crippen molar-refractivity contribution in [2.45, 2.75) is 55.9 Å². The number of aliphatic hydroxyl groups excluding tert-OH is 1. The van der Waals surface area contributed by atoms with Crippen molar-refractivity contribution in [3.8, 4) is 0 Å². The molecule has 38 heavy (non-hydrogen) atoms. The molecule has 0 spiro atoms. The zero-order valence-corrected chi connectivity index (χ0v) is 21.6. The number of aromatic nitrogens is 4. The van der Waals surface area contributed by atoms with Crippen LogP contribution in [0.2, 0.25) is 0 Å². The van der Waals surface area contributed by atoms with Gasteiger partial charge in [0.2, 0.25) is 17.0 Å². The molecule has 2 amide bonds. The molecule has 1 aliphatic heterocycles. The predicted octanol–water partition coefficient (Wildman–Crippen LogP) is 2.65. The van der Waals surface area contributed by atoms with E-state index in [4.69, 9.17) is 14.7 Å². The first kappa shape index (κ1) is 27.7. The van der Waals surface area contributed by atoms with Crippen LogP contribution in [0.5, 0.6) is 0 Å². The first-order valence-corrected chi connectivity index (χ1v) is 13.1. The van der Waals surface area contributed by atoms with Gasteiger partial charge in [0.1, 0.15) is 0 Å². The second kappa shape index (κ2) is 13.4. The van der Waals surface area contributed by atoms with Crippen molar-refractivity contribution in [1.29, 1.82) is 0 Å². The third kappa shape index (κ3) is 7.58. The molecule has 1 aliphatic rings. The van der Waals surface area contributed by atoms with Crippen LogP contribution in [0.4, 0.5) is 5.69 Å². The van der Waals surface area contributed by atoms with Gasteiger partial charge in [-0.15, -0.1) is 5.10 Å². The minimum atomic E-state index is -0.681. The number of aryl methyl sites for hydroxylation is 1. The van der Waals surface area contributed by atoms with Crippen LogP contribution in [0.15, 0.2) is 53.7 Å². The Morgan fingerprint density at radius 3 is 2.61 bits per heavy atom. The van der Waals surface area contributed by atoms with Gasteiger partial charge in [-0.1, -0.05) is 48.2 Å². The highest BCUT2D eigenvalue weighted by Gasteiger charge is 2.32. The van der Waals surface area contributed by atoms with E-state index in [9.17, 15) is 14.7 Å². The number of nitrogens with one attached hydrogen (secondary N) is 2. The fourth-order valence-corrected chi connectivity index (χ4v) is 4.85. The van der Waals surface area contributed by atoms with Gasteiger partial charge in [0.25, 0.3) is 0 Å². The van der Waals surface area contributed by atoms with Crippen LogP contribution in [0.25, 0.3) is 0 Å². The van der Waals surface area contributed by atoms with Crippen molar-refractivity contribution in [3.63, 3.8) is 0 Å². The molecule has 0 aliphatic carbocycles. The monoisotopic (exact) mass is 542 g/mol. The topological polar surface area (TPSA) is 161 Å². The highest BCUT2D eigenvalue weighted by Crippen LogP contribution is 2.39. The van der Waals surface area contributed by atoms with Gasteiger partial charge >= 0.3 is 0 Å². The summed E-state index contributed by atoms with van der Waals surface area (Å²) in [5.74, 6) is -0.168. The van der Waals surface area contributed by atoms with Crippen molar-refractivity contribution < 1.29 is 29.4 Å². The lowest BCUT2D eigenvalue weighted by molar-refractivity contribution is -0.245. The van der Waals surface area contributed by atoms with Gasteiger partial charge in [0.15, 0.2) is 6.29 Å². The van der Waals surface area contributed by atoms with E-state index in [1.807, 2.05) is 36.4 Å². The Kier molecular flexibility index (Phi) is 9.79. The van der Waals surface area contributed by atoms with Crippen molar-refractivity contribution in [2.24, 2.45) is 7.05 Å². The molecular weight excluding hydrogens is 512 g/mol. The molecule has 1 aromatic heterocycles. The molecular formula is C25H30N6O6S. The van der Waals surface area contributed by atoms with Gasteiger partial charge in [0, 0.05) is 43.3 Å². The number of hydroxylamine groups is 1. The minimum Gasteiger partial charge on any atom is -0.392 e. The first-order chi connectivity index (χ1) is 18.4. The van der Waals surface area contributed by atoms with Crippen LogP contribution in [0.3, 0.4) is 0 Å². The van der Waals surface area contributed by atoms with E-state index in [1.165, 1.54) is 11.8 Å². The van der Waals surface area contributed by atoms with Gasteiger partial charge in [-0.3, -0.25) is 14.8 Å². The van der Waals surface area contributed by atoms with Crippen LogP contribution < -0.4 is 10.8 Å². The number of hydrogen-bond donors (Lipinski definition) is 4. The third-order valence-corrected chi connectivity index (χ3v) is 7.11. The first-order valence-electron chi connectivity index (χ1n) is 12.1. The second-order valence-electron chi connectivity index (χ2n) is 8.81. The number of thioether (sulfide) groups is 1. The van der Waals surface area contributed by atoms with E-state index in [1.54, 1.807) is 29.3 Å². The summed E-state index contributed by atoms with van der Waals surface area (Å²) in [5, 5.41) is 33.1. The summed E-state index contributed by atoms with van der Waals surface area (Å²) in [4.78, 5) is 23.5. The van der Waals surface area contributed by atoms with E-state index in [2.05, 4.69) is 20.8 Å². The summed E-state index contributed by atoms with van der Waals surface area (Å²) in [5.41, 5.74) is 4.67. The van der Waals surface area contributed by atoms with E-state index in [0.29, 0.717) is 29.4 Å². The third-order valence-electron chi connectivity index (χ3n) is 5.97. The number of carbonyl (C=O) groups is 2. The lowest BCUT2D eigenvalue weighted by Gasteiger charge is -2.36. The molecule has 12 nitrogen and oxygen atoms in total. The van der Waals surface area contributed by atoms with Gasteiger partial charge < -0.3 is 19.9 Å². The maximum Gasteiger partial charge on any atom is 0.243 e. The maximum absolute atomic E-state index is 12.3. The number of ether oxygens (including phenoxy) is 2. The standard InChI is InChI=1S/C25H30N6O6S/c1-31-25(27-29-30-31)38-15-20-13-21(17-10-8-16(14-32)9-11-17)37-24(36-20)18-4-2-5-19(12-18)26-22(33)6-3-7-23(34)28-35/h2,4-5,8-12,20-21,24,32,35H,3,6-7,13-15H2,1H3,(H,26,33)(H,28,34). The molecule has 1 saturated heterocycles. The molecule has 3 aromatic rings. The zero-order chi connectivity index (χ0) is 26.9. The average Bonchev–Trinajstić information content (AvgIpc) is 3.36. The van der Waals surface area contributed by atoms with E-state index >= 15 is 0 Å². The summed E-state index contributed by atoms with van der Waals surface area (Å²) in [7, 11) is 1.78. The quantitative estimate of drug-likeness (QED) is 0.161. The SMILES string of the molecule is Cn1nnnc1SCC1CC(c2ccc(CO)cc2)OC(c2cccc(NC(=O)CCCC(=O)NO)c2)O1. The van der Waals surface area contributed by atoms with Crippen molar-refractivity contribution in [3.05, 3.63) is 65.2 Å². The highest BCUT2D eigenvalue weighted by atomic mass is 32.2. The number of benzene rings is 2. The Bertz CT molecular complexity index is 1220. The summed E-state index contributed by atoms with van der Waals surface area (Å²) >= 11 is 1.50. The Labute approximate surface area is 223 Å². The van der Waals surface area contributed by atoms with Gasteiger partial charge in [-0.25, -0.2) is 10.2 Å². The maximum atomic E-state index is 12.3. The van der Waals surface area contributed by atoms with Crippen molar-refractivity contribution >= 4 is 29.3 Å². The lowest BCUT2D eigenvalue weighted by Crippen LogP contribution is -2.31. The number of anilines is 1. The Morgan fingerprint density at radius 2 is 1.89 bits per heavy atom. The number of rotatable bonds is 11. The molecule has 4 rings (SSSR count). The van der Waals surface area contributed by atoms with Gasteiger partial charge in [0.05, 0.1) is 18.8 Å². The fourth-order valence-electron chi connectivity index (χ4n) is 3.99. The minimum absolute atomic E-state index is 0.0321. The summed E-state index contributed by atoms with van der Waals surface area (Å²) in [6.07, 6.45) is 0.0118. The number of amides is 2. The Hall–Kier alpha value is -3.36. The number of hydrogen-bond acceptors (Lipinski definition) is 10. The van der Waals surface area contributed by atoms with Gasteiger partial charge in [-0.2, -0.15) is 0 Å². The second-order valence-corrected chi connectivity index (χ2v) is 9.80. The Morgan fingerprint density at radius 1 is 1.11 bits per heavy atom. The zero-order valence-electron chi connectivity index (χ0n) is 20.8. The molecule has 3 atom stereocenters. The number of aliphatic hydroxyl groups is 1. The van der Waals surface area contributed by atoms with E-state index < -0.39 is 12.2 Å². The normalized spacial score (nSPS) is 19.2. The smallest absolute Gasteiger partial charge is 0.243 e. The van der Waals surface area contributed by atoms with Gasteiger partial charge in [-0.05, 0) is 40.1 Å². The molecule has 202 valence electrons. The van der Waals surface area contributed by atoms with Crippen molar-refractivity contribution in [2.75, 3.05) is 11.1 Å². The fraction of sp³-hybridized carbons (Fsp3) is 0.400. The van der Waals surface area contributed by atoms with Crippen LogP contribution in [-0.2, 0) is 32.7 Å². The van der Waals surface area contributed by atoms with Crippen LogP contribution in [0, 0.1) is 0 Å². The summed E-state index contributed by atoms with van der Waals surface area (Å²) in [6, 6.07) is 14.9. The molecule has 2 heterocycles. The average molecular weight is 543 g/mol. The molecule has 1 fully saturated rings. The summed E-state index contributed by atoms with van der Waals surface area (Å²) in [6.45, 7) is -0.0321. The molecule has 2 aromatic carbocycles. The van der Waals surface area contributed by atoms with Crippen LogP contribution >= 0.6 is 11.8 Å². The highest BCUT2D eigenvalue weighted by molar-refractivity contribution is 7.99. The molecule has 3 unspecified atom stereocenters. The molecule has 0 radical (unpaired) electrons. The number of carbonyl (C=O) groups excluding carboxylic acids is 2. The lowest BCUT2D eigenvalue weighted by atomic mass is 10.0. The number of nitrogens with zero attached hydrogens (tertiary/aromatic N) is 4. The summed E-state index contributed by atoms with van der Waals surface area (Å²) < 4.78 is 14.3. The molecule has 4 N–H and O–H groups in total. The van der Waals surface area contributed by atoms with Crippen molar-refractivity contribution in [1.82, 2.24) is 25.7 Å². The Balaban J connectivity index is 1.46. The molecule has 0 bridgehead atoms. The van der Waals surface area contributed by atoms with Crippen LogP contribution in [-0.4, -0.2) is 54.2 Å². The van der Waals surface area contributed by atoms with E-state index in [0.717, 1.165) is 16.7 Å². The largest absolute Gasteiger partial charge is 0.392 e. The molecule has 0 saturated carbocycles. The number of tetrazole rings is 1. The predicted molar refractivity (Wildman–Crippen MR) is 137 cm³/mol.